The van der Waals surface area contributed by atoms with Crippen molar-refractivity contribution in [1.82, 2.24) is 20.6 Å². The van der Waals surface area contributed by atoms with Crippen LogP contribution in [0.2, 0.25) is 0 Å². The Labute approximate surface area is 181 Å². The highest BCUT2D eigenvalue weighted by molar-refractivity contribution is 5.91. The lowest BCUT2D eigenvalue weighted by Crippen LogP contribution is -2.30. The van der Waals surface area contributed by atoms with Crippen molar-refractivity contribution in [2.75, 3.05) is 37.4 Å². The number of carbonyl (C=O) groups is 2. The number of nitrogens with one attached hydrogen (secondary N) is 5. The monoisotopic (exact) mass is 424 g/mol. The first-order valence-electron chi connectivity index (χ1n) is 10.1. The average molecular weight is 425 g/mol. The van der Waals surface area contributed by atoms with Crippen LogP contribution in [0.15, 0.2) is 36.4 Å². The van der Waals surface area contributed by atoms with Gasteiger partial charge in [-0.3, -0.25) is 10.1 Å². The molecule has 3 amide bonds. The van der Waals surface area contributed by atoms with Gasteiger partial charge in [-0.15, -0.1) is 0 Å². The van der Waals surface area contributed by atoms with Crippen LogP contribution in [0, 0.1) is 6.92 Å². The molecule has 3 aromatic rings. The molecular formula is C22H28N6O3. The Balaban J connectivity index is 1.54. The molecule has 2 aromatic carbocycles. The Bertz CT molecular complexity index is 1060. The van der Waals surface area contributed by atoms with Gasteiger partial charge in [-0.05, 0) is 55.8 Å². The molecule has 0 aliphatic rings. The molecule has 0 spiro atoms. The number of aromatic nitrogens is 2. The standard InChI is InChI=1S/C22H28N6O3/c1-14-4-7-20(31-11-10-23-3)19(12-14)28-22(30)24-9-8-16-5-6-17-18(13-16)27-21(26-17)25-15(2)29/h4-7,12-13,23H,8-11H2,1-3H3,(H2,24,28,30)(H2,25,26,27,29). The van der Waals surface area contributed by atoms with E-state index in [0.29, 0.717) is 43.5 Å². The maximum Gasteiger partial charge on any atom is 0.319 e. The molecule has 164 valence electrons. The number of likely N-dealkylation sites (N-methyl/N-ethyl adjacent to an activating group) is 1. The van der Waals surface area contributed by atoms with Crippen molar-refractivity contribution in [3.05, 3.63) is 47.5 Å². The number of hydrogen-bond donors (Lipinski definition) is 5. The number of fused-ring (bicyclic) bond motifs is 1. The van der Waals surface area contributed by atoms with E-state index in [1.54, 1.807) is 0 Å². The quantitative estimate of drug-likeness (QED) is 0.338. The summed E-state index contributed by atoms with van der Waals surface area (Å²) in [6.45, 7) is 5.08. The van der Waals surface area contributed by atoms with Gasteiger partial charge >= 0.3 is 6.03 Å². The molecule has 0 aliphatic heterocycles. The Morgan fingerprint density at radius 2 is 1.94 bits per heavy atom. The van der Waals surface area contributed by atoms with E-state index in [1.165, 1.54) is 6.92 Å². The fourth-order valence-electron chi connectivity index (χ4n) is 3.05. The lowest BCUT2D eigenvalue weighted by atomic mass is 10.1. The van der Waals surface area contributed by atoms with Gasteiger partial charge in [-0.1, -0.05) is 12.1 Å². The van der Waals surface area contributed by atoms with Crippen LogP contribution in [0.25, 0.3) is 11.0 Å². The predicted octanol–water partition coefficient (Wildman–Crippen LogP) is 2.79. The van der Waals surface area contributed by atoms with Crippen LogP contribution in [-0.4, -0.2) is 48.7 Å². The van der Waals surface area contributed by atoms with Crippen LogP contribution in [0.3, 0.4) is 0 Å². The first kappa shape index (κ1) is 22.1. The third-order valence-electron chi connectivity index (χ3n) is 4.53. The summed E-state index contributed by atoms with van der Waals surface area (Å²) in [5.74, 6) is 0.872. The predicted molar refractivity (Wildman–Crippen MR) is 122 cm³/mol. The molecule has 0 saturated heterocycles. The zero-order valence-corrected chi connectivity index (χ0v) is 18.0. The molecule has 9 nitrogen and oxygen atoms in total. The minimum atomic E-state index is -0.294. The molecule has 0 bridgehead atoms. The molecular weight excluding hydrogens is 396 g/mol. The molecule has 5 N–H and O–H groups in total. The maximum absolute atomic E-state index is 12.4. The number of carbonyl (C=O) groups excluding carboxylic acids is 2. The average Bonchev–Trinajstić information content (AvgIpc) is 3.10. The van der Waals surface area contributed by atoms with Crippen molar-refractivity contribution in [2.24, 2.45) is 0 Å². The minimum Gasteiger partial charge on any atom is -0.490 e. The van der Waals surface area contributed by atoms with E-state index < -0.39 is 0 Å². The molecule has 0 unspecified atom stereocenters. The molecule has 0 saturated carbocycles. The van der Waals surface area contributed by atoms with Crippen molar-refractivity contribution >= 4 is 34.6 Å². The second-order valence-corrected chi connectivity index (χ2v) is 7.20. The Morgan fingerprint density at radius 1 is 1.10 bits per heavy atom. The minimum absolute atomic E-state index is 0.182. The maximum atomic E-state index is 12.4. The molecule has 0 aliphatic carbocycles. The fraction of sp³-hybridized carbons (Fsp3) is 0.318. The highest BCUT2D eigenvalue weighted by atomic mass is 16.5. The summed E-state index contributed by atoms with van der Waals surface area (Å²) in [7, 11) is 1.86. The van der Waals surface area contributed by atoms with Gasteiger partial charge in [0, 0.05) is 20.0 Å². The van der Waals surface area contributed by atoms with E-state index >= 15 is 0 Å². The summed E-state index contributed by atoms with van der Waals surface area (Å²) in [4.78, 5) is 30.9. The Morgan fingerprint density at radius 3 is 2.71 bits per heavy atom. The van der Waals surface area contributed by atoms with E-state index in [4.69, 9.17) is 4.74 Å². The zero-order valence-electron chi connectivity index (χ0n) is 18.0. The van der Waals surface area contributed by atoms with Gasteiger partial charge in [0.1, 0.15) is 12.4 Å². The Kier molecular flexibility index (Phi) is 7.45. The number of hydrogen-bond acceptors (Lipinski definition) is 5. The van der Waals surface area contributed by atoms with Crippen molar-refractivity contribution in [1.29, 1.82) is 0 Å². The van der Waals surface area contributed by atoms with Crippen LogP contribution in [0.4, 0.5) is 16.4 Å². The van der Waals surface area contributed by atoms with E-state index in [2.05, 4.69) is 31.2 Å². The lowest BCUT2D eigenvalue weighted by molar-refractivity contribution is -0.114. The van der Waals surface area contributed by atoms with Gasteiger partial charge < -0.3 is 25.7 Å². The number of aryl methyl sites for hydroxylation is 1. The number of benzene rings is 2. The topological polar surface area (TPSA) is 120 Å². The van der Waals surface area contributed by atoms with Gasteiger partial charge in [0.2, 0.25) is 11.9 Å². The van der Waals surface area contributed by atoms with E-state index in [0.717, 1.165) is 22.2 Å². The van der Waals surface area contributed by atoms with Crippen LogP contribution in [-0.2, 0) is 11.2 Å². The van der Waals surface area contributed by atoms with E-state index in [1.807, 2.05) is 50.4 Å². The van der Waals surface area contributed by atoms with Crippen LogP contribution < -0.4 is 26.0 Å². The third-order valence-corrected chi connectivity index (χ3v) is 4.53. The number of urea groups is 1. The zero-order chi connectivity index (χ0) is 22.2. The molecule has 1 aromatic heterocycles. The number of anilines is 2. The number of amides is 3. The number of aromatic amines is 1. The van der Waals surface area contributed by atoms with Crippen molar-refractivity contribution in [3.8, 4) is 5.75 Å². The van der Waals surface area contributed by atoms with E-state index in [-0.39, 0.29) is 11.9 Å². The van der Waals surface area contributed by atoms with Gasteiger partial charge in [-0.2, -0.15) is 0 Å². The molecule has 31 heavy (non-hydrogen) atoms. The van der Waals surface area contributed by atoms with Gasteiger partial charge in [-0.25, -0.2) is 9.78 Å². The fourth-order valence-corrected chi connectivity index (χ4v) is 3.05. The van der Waals surface area contributed by atoms with E-state index in [9.17, 15) is 9.59 Å². The van der Waals surface area contributed by atoms with Crippen LogP contribution in [0.1, 0.15) is 18.1 Å². The SMILES string of the molecule is CNCCOc1ccc(C)cc1NC(=O)NCCc1ccc2[nH]c(NC(C)=O)nc2c1. The summed E-state index contributed by atoms with van der Waals surface area (Å²) < 4.78 is 5.73. The number of nitrogens with zero attached hydrogens (tertiary/aromatic N) is 1. The largest absolute Gasteiger partial charge is 0.490 e. The van der Waals surface area contributed by atoms with Gasteiger partial charge in [0.25, 0.3) is 0 Å². The summed E-state index contributed by atoms with van der Waals surface area (Å²) in [6, 6.07) is 11.2. The van der Waals surface area contributed by atoms with Gasteiger partial charge in [0.05, 0.1) is 16.7 Å². The van der Waals surface area contributed by atoms with Crippen LogP contribution in [0.5, 0.6) is 5.75 Å². The van der Waals surface area contributed by atoms with Gasteiger partial charge in [0.15, 0.2) is 0 Å². The molecule has 0 atom stereocenters. The summed E-state index contributed by atoms with van der Waals surface area (Å²) in [6.07, 6.45) is 0.644. The number of H-pyrrole nitrogens is 1. The summed E-state index contributed by atoms with van der Waals surface area (Å²) >= 11 is 0. The first-order chi connectivity index (χ1) is 14.9. The lowest BCUT2D eigenvalue weighted by Gasteiger charge is -2.14. The number of rotatable bonds is 9. The smallest absolute Gasteiger partial charge is 0.319 e. The molecule has 3 rings (SSSR count). The Hall–Kier alpha value is -3.59. The third kappa shape index (κ3) is 6.45. The normalized spacial score (nSPS) is 10.7. The van der Waals surface area contributed by atoms with Crippen molar-refractivity contribution in [2.45, 2.75) is 20.3 Å². The summed E-state index contributed by atoms with van der Waals surface area (Å²) in [5, 5.41) is 11.4. The highest BCUT2D eigenvalue weighted by Crippen LogP contribution is 2.25. The second kappa shape index (κ2) is 10.4. The molecule has 9 heteroatoms. The van der Waals surface area contributed by atoms with Crippen molar-refractivity contribution in [3.63, 3.8) is 0 Å². The van der Waals surface area contributed by atoms with Crippen molar-refractivity contribution < 1.29 is 14.3 Å². The number of ether oxygens (including phenoxy) is 1. The summed E-state index contributed by atoms with van der Waals surface area (Å²) in [5.41, 5.74) is 4.29. The second-order valence-electron chi connectivity index (χ2n) is 7.20. The molecule has 0 fully saturated rings. The number of imidazole rings is 1. The first-order valence-corrected chi connectivity index (χ1v) is 10.1. The molecule has 1 heterocycles. The van der Waals surface area contributed by atoms with Crippen LogP contribution >= 0.6 is 0 Å². The highest BCUT2D eigenvalue weighted by Gasteiger charge is 2.09. The molecule has 0 radical (unpaired) electrons.